The Hall–Kier alpha value is -0.830. The summed E-state index contributed by atoms with van der Waals surface area (Å²) in [6, 6.07) is 1.57. The van der Waals surface area contributed by atoms with E-state index in [-0.39, 0.29) is 5.75 Å². The highest BCUT2D eigenvalue weighted by atomic mass is 79.9. The van der Waals surface area contributed by atoms with E-state index in [1.165, 1.54) is 0 Å². The van der Waals surface area contributed by atoms with Crippen molar-refractivity contribution in [1.82, 2.24) is 0 Å². The second-order valence-corrected chi connectivity index (χ2v) is 3.48. The molecule has 0 spiro atoms. The van der Waals surface area contributed by atoms with Crippen LogP contribution < -0.4 is 0 Å². The van der Waals surface area contributed by atoms with Crippen LogP contribution in [0.15, 0.2) is 10.5 Å². The smallest absolute Gasteiger partial charge is 0.150 e. The zero-order valence-corrected chi connectivity index (χ0v) is 8.47. The summed E-state index contributed by atoms with van der Waals surface area (Å²) in [5, 5.41) is 9.34. The molecule has 0 saturated carbocycles. The third kappa shape index (κ3) is 1.37. The first-order valence-corrected chi connectivity index (χ1v) is 4.31. The van der Waals surface area contributed by atoms with Crippen LogP contribution in [0.4, 0.5) is 0 Å². The molecule has 0 radical (unpaired) electrons. The van der Waals surface area contributed by atoms with Crippen LogP contribution in [0.1, 0.15) is 21.5 Å². The highest BCUT2D eigenvalue weighted by molar-refractivity contribution is 9.10. The number of rotatable bonds is 1. The second kappa shape index (κ2) is 3.27. The lowest BCUT2D eigenvalue weighted by atomic mass is 10.0. The lowest BCUT2D eigenvalue weighted by Crippen LogP contribution is -1.92. The van der Waals surface area contributed by atoms with Gasteiger partial charge in [-0.1, -0.05) is 0 Å². The van der Waals surface area contributed by atoms with Crippen LogP contribution in [0.25, 0.3) is 0 Å². The lowest BCUT2D eigenvalue weighted by molar-refractivity contribution is 0.112. The minimum atomic E-state index is 0.176. The molecular formula is C9H9BrO2. The van der Waals surface area contributed by atoms with E-state index in [1.807, 2.05) is 0 Å². The van der Waals surface area contributed by atoms with Crippen LogP contribution >= 0.6 is 15.9 Å². The Morgan fingerprint density at radius 1 is 1.50 bits per heavy atom. The van der Waals surface area contributed by atoms with Crippen molar-refractivity contribution in [1.29, 1.82) is 0 Å². The van der Waals surface area contributed by atoms with E-state index in [0.29, 0.717) is 10.0 Å². The maximum absolute atomic E-state index is 10.6. The second-order valence-electron chi connectivity index (χ2n) is 2.68. The molecule has 1 rings (SSSR count). The molecule has 3 heteroatoms. The molecular weight excluding hydrogens is 220 g/mol. The zero-order chi connectivity index (χ0) is 9.30. The largest absolute Gasteiger partial charge is 0.507 e. The van der Waals surface area contributed by atoms with E-state index in [1.54, 1.807) is 19.9 Å². The van der Waals surface area contributed by atoms with Gasteiger partial charge in [-0.2, -0.15) is 0 Å². The minimum absolute atomic E-state index is 0.176. The number of phenols is 1. The van der Waals surface area contributed by atoms with E-state index >= 15 is 0 Å². The van der Waals surface area contributed by atoms with Crippen LogP contribution in [0.3, 0.4) is 0 Å². The van der Waals surface area contributed by atoms with Gasteiger partial charge in [0.25, 0.3) is 0 Å². The fourth-order valence-corrected chi connectivity index (χ4v) is 1.46. The van der Waals surface area contributed by atoms with Crippen LogP contribution in [-0.2, 0) is 0 Å². The highest BCUT2D eigenvalue weighted by Crippen LogP contribution is 2.31. The number of aldehydes is 1. The summed E-state index contributed by atoms with van der Waals surface area (Å²) in [5.74, 6) is 0.176. The van der Waals surface area contributed by atoms with E-state index in [0.717, 1.165) is 17.4 Å². The van der Waals surface area contributed by atoms with Gasteiger partial charge in [-0.3, -0.25) is 4.79 Å². The molecule has 0 aromatic heterocycles. The molecule has 1 aromatic rings. The first-order valence-electron chi connectivity index (χ1n) is 3.51. The van der Waals surface area contributed by atoms with Crippen molar-refractivity contribution >= 4 is 22.2 Å². The van der Waals surface area contributed by atoms with Gasteiger partial charge in [-0.05, 0) is 47.0 Å². The third-order valence-corrected chi connectivity index (χ3v) is 2.86. The first-order chi connectivity index (χ1) is 5.57. The van der Waals surface area contributed by atoms with Crippen molar-refractivity contribution in [2.75, 3.05) is 0 Å². The Balaban J connectivity index is 3.51. The van der Waals surface area contributed by atoms with Crippen molar-refractivity contribution in [2.24, 2.45) is 0 Å². The molecule has 1 aromatic carbocycles. The fraction of sp³-hybridized carbons (Fsp3) is 0.222. The van der Waals surface area contributed by atoms with Crippen LogP contribution in [0.5, 0.6) is 5.75 Å². The summed E-state index contributed by atoms with van der Waals surface area (Å²) >= 11 is 3.20. The predicted octanol–water partition coefficient (Wildman–Crippen LogP) is 2.58. The Bertz CT molecular complexity index is 332. The number of halogens is 1. The monoisotopic (exact) mass is 228 g/mol. The van der Waals surface area contributed by atoms with Gasteiger partial charge in [0, 0.05) is 5.56 Å². The van der Waals surface area contributed by atoms with Gasteiger partial charge in [0.1, 0.15) is 5.75 Å². The summed E-state index contributed by atoms with van der Waals surface area (Å²) in [5.41, 5.74) is 2.21. The van der Waals surface area contributed by atoms with E-state index in [9.17, 15) is 9.90 Å². The molecule has 0 bridgehead atoms. The Morgan fingerprint density at radius 2 is 2.08 bits per heavy atom. The van der Waals surface area contributed by atoms with Crippen molar-refractivity contribution in [3.63, 3.8) is 0 Å². The summed E-state index contributed by atoms with van der Waals surface area (Å²) in [6.07, 6.45) is 0.800. The van der Waals surface area contributed by atoms with Gasteiger partial charge in [-0.15, -0.1) is 0 Å². The molecule has 0 unspecified atom stereocenters. The zero-order valence-electron chi connectivity index (χ0n) is 6.89. The number of benzene rings is 1. The summed E-state index contributed by atoms with van der Waals surface area (Å²) in [6.45, 7) is 3.59. The molecule has 0 aliphatic heterocycles. The average Bonchev–Trinajstić information content (AvgIpc) is 2.01. The van der Waals surface area contributed by atoms with Gasteiger partial charge >= 0.3 is 0 Å². The van der Waals surface area contributed by atoms with Crippen LogP contribution in [0, 0.1) is 13.8 Å². The summed E-state index contributed by atoms with van der Waals surface area (Å²) < 4.78 is 0.593. The topological polar surface area (TPSA) is 37.3 Å². The van der Waals surface area contributed by atoms with Crippen molar-refractivity contribution < 1.29 is 9.90 Å². The van der Waals surface area contributed by atoms with Crippen molar-refractivity contribution in [3.8, 4) is 5.75 Å². The maximum Gasteiger partial charge on any atom is 0.150 e. The third-order valence-electron chi connectivity index (χ3n) is 1.85. The van der Waals surface area contributed by atoms with Gasteiger partial charge in [0.2, 0.25) is 0 Å². The number of aromatic hydroxyl groups is 1. The number of hydrogen-bond acceptors (Lipinski definition) is 2. The number of carbonyl (C=O) groups is 1. The van der Waals surface area contributed by atoms with Gasteiger partial charge in [-0.25, -0.2) is 0 Å². The molecule has 2 nitrogen and oxygen atoms in total. The van der Waals surface area contributed by atoms with E-state index in [2.05, 4.69) is 15.9 Å². The Labute approximate surface area is 79.3 Å². The molecule has 0 aliphatic rings. The van der Waals surface area contributed by atoms with Crippen LogP contribution in [0.2, 0.25) is 0 Å². The number of hydrogen-bond donors (Lipinski definition) is 1. The SMILES string of the molecule is Cc1cc(O)c(Br)c(C)c1C=O. The average molecular weight is 229 g/mol. The summed E-state index contributed by atoms with van der Waals surface area (Å²) in [4.78, 5) is 10.6. The maximum atomic E-state index is 10.6. The van der Waals surface area contributed by atoms with E-state index in [4.69, 9.17) is 0 Å². The number of aryl methyl sites for hydroxylation is 1. The van der Waals surface area contributed by atoms with Gasteiger partial charge < -0.3 is 5.11 Å². The Kier molecular flexibility index (Phi) is 2.52. The highest BCUT2D eigenvalue weighted by Gasteiger charge is 2.09. The van der Waals surface area contributed by atoms with Crippen LogP contribution in [-0.4, -0.2) is 11.4 Å². The number of carbonyl (C=O) groups excluding carboxylic acids is 1. The number of phenolic OH excluding ortho intramolecular Hbond substituents is 1. The Morgan fingerprint density at radius 3 is 2.58 bits per heavy atom. The fourth-order valence-electron chi connectivity index (χ4n) is 1.13. The summed E-state index contributed by atoms with van der Waals surface area (Å²) in [7, 11) is 0. The predicted molar refractivity (Wildman–Crippen MR) is 50.7 cm³/mol. The molecule has 0 fully saturated rings. The lowest BCUT2D eigenvalue weighted by Gasteiger charge is -2.07. The molecule has 0 aliphatic carbocycles. The molecule has 0 amide bonds. The van der Waals surface area contributed by atoms with Crippen molar-refractivity contribution in [2.45, 2.75) is 13.8 Å². The molecule has 12 heavy (non-hydrogen) atoms. The molecule has 1 N–H and O–H groups in total. The van der Waals surface area contributed by atoms with E-state index < -0.39 is 0 Å². The van der Waals surface area contributed by atoms with Gasteiger partial charge in [0.15, 0.2) is 6.29 Å². The molecule has 0 saturated heterocycles. The van der Waals surface area contributed by atoms with Crippen molar-refractivity contribution in [3.05, 3.63) is 27.2 Å². The molecule has 64 valence electrons. The molecule has 0 atom stereocenters. The van der Waals surface area contributed by atoms with Gasteiger partial charge in [0.05, 0.1) is 4.47 Å². The quantitative estimate of drug-likeness (QED) is 0.751. The standard InChI is InChI=1S/C9H9BrO2/c1-5-3-8(12)9(10)6(2)7(5)4-11/h3-4,12H,1-2H3. The molecule has 0 heterocycles. The first kappa shape index (κ1) is 9.26. The normalized spacial score (nSPS) is 9.92. The minimum Gasteiger partial charge on any atom is -0.507 e.